The third kappa shape index (κ3) is 6.07. The van der Waals surface area contributed by atoms with Gasteiger partial charge in [-0.1, -0.05) is 18.2 Å². The van der Waals surface area contributed by atoms with Crippen LogP contribution in [0, 0.1) is 0 Å². The predicted molar refractivity (Wildman–Crippen MR) is 126 cm³/mol. The Morgan fingerprint density at radius 2 is 1.88 bits per heavy atom. The van der Waals surface area contributed by atoms with Crippen LogP contribution in [0.1, 0.15) is 23.2 Å². The molecule has 1 amide bonds. The van der Waals surface area contributed by atoms with Crippen molar-refractivity contribution in [2.45, 2.75) is 19.5 Å². The number of hydrogen-bond acceptors (Lipinski definition) is 7. The van der Waals surface area contributed by atoms with Crippen molar-refractivity contribution in [2.24, 2.45) is 4.99 Å². The Bertz CT molecular complexity index is 1180. The van der Waals surface area contributed by atoms with Crippen molar-refractivity contribution in [1.29, 1.82) is 0 Å². The number of anilines is 2. The zero-order chi connectivity index (χ0) is 22.9. The van der Waals surface area contributed by atoms with E-state index in [0.29, 0.717) is 43.8 Å². The Balaban J connectivity index is 1.58. The molecule has 1 aliphatic heterocycles. The van der Waals surface area contributed by atoms with E-state index < -0.39 is 0 Å². The normalized spacial score (nSPS) is 13.6. The number of pyridine rings is 3. The van der Waals surface area contributed by atoms with Gasteiger partial charge in [0.2, 0.25) is 5.91 Å². The molecule has 9 nitrogen and oxygen atoms in total. The van der Waals surface area contributed by atoms with Gasteiger partial charge < -0.3 is 16.0 Å². The van der Waals surface area contributed by atoms with Gasteiger partial charge in [-0.15, -0.1) is 0 Å². The highest BCUT2D eigenvalue weighted by Crippen LogP contribution is 2.25. The first kappa shape index (κ1) is 21.8. The van der Waals surface area contributed by atoms with Crippen molar-refractivity contribution in [3.05, 3.63) is 84.1 Å². The Hall–Kier alpha value is -4.40. The van der Waals surface area contributed by atoms with E-state index in [2.05, 4.69) is 30.9 Å². The van der Waals surface area contributed by atoms with Gasteiger partial charge in [-0.2, -0.15) is 0 Å². The molecule has 0 spiro atoms. The van der Waals surface area contributed by atoms with Gasteiger partial charge in [0.15, 0.2) is 17.9 Å². The lowest BCUT2D eigenvalue weighted by Crippen LogP contribution is -2.28. The first-order valence-electron chi connectivity index (χ1n) is 10.5. The fourth-order valence-corrected chi connectivity index (χ4v) is 3.22. The van der Waals surface area contributed by atoms with E-state index in [1.807, 2.05) is 42.5 Å². The molecular weight excluding hydrogens is 418 g/mol. The summed E-state index contributed by atoms with van der Waals surface area (Å²) in [7, 11) is 0. The third-order valence-corrected chi connectivity index (χ3v) is 4.95. The highest BCUT2D eigenvalue weighted by molar-refractivity contribution is 6.33. The monoisotopic (exact) mass is 441 g/mol. The van der Waals surface area contributed by atoms with Crippen LogP contribution >= 0.6 is 0 Å². The maximum Gasteiger partial charge on any atom is 0.224 e. The quantitative estimate of drug-likeness (QED) is 0.279. The summed E-state index contributed by atoms with van der Waals surface area (Å²) in [6.45, 7) is 1.25. The van der Waals surface area contributed by atoms with Crippen molar-refractivity contribution >= 4 is 35.1 Å². The van der Waals surface area contributed by atoms with Crippen LogP contribution in [0.3, 0.4) is 0 Å². The van der Waals surface area contributed by atoms with Crippen molar-refractivity contribution in [1.82, 2.24) is 20.3 Å². The van der Waals surface area contributed by atoms with Gasteiger partial charge in [0.25, 0.3) is 0 Å². The molecule has 4 heterocycles. The number of amides is 1. The van der Waals surface area contributed by atoms with Gasteiger partial charge in [0, 0.05) is 44.3 Å². The number of aldehydes is 1. The summed E-state index contributed by atoms with van der Waals surface area (Å²) in [5, 5.41) is 9.22. The minimum atomic E-state index is -0.00702. The first-order valence-corrected chi connectivity index (χ1v) is 10.5. The number of nitrogens with zero attached hydrogens (tertiary/aromatic N) is 4. The molecule has 0 saturated carbocycles. The van der Waals surface area contributed by atoms with E-state index in [1.54, 1.807) is 24.8 Å². The zero-order valence-electron chi connectivity index (χ0n) is 17.9. The summed E-state index contributed by atoms with van der Waals surface area (Å²) in [4.78, 5) is 40.5. The summed E-state index contributed by atoms with van der Waals surface area (Å²) in [6, 6.07) is 11.2. The second-order valence-electron chi connectivity index (χ2n) is 7.32. The minimum absolute atomic E-state index is 0.00702. The molecule has 1 aliphatic rings. The van der Waals surface area contributed by atoms with Gasteiger partial charge in [0.05, 0.1) is 17.9 Å². The first-order chi connectivity index (χ1) is 16.2. The van der Waals surface area contributed by atoms with Gasteiger partial charge in [0.1, 0.15) is 0 Å². The Labute approximate surface area is 191 Å². The van der Waals surface area contributed by atoms with E-state index in [1.165, 1.54) is 0 Å². The molecule has 0 atom stereocenters. The van der Waals surface area contributed by atoms with Gasteiger partial charge in [-0.3, -0.25) is 24.5 Å². The average molecular weight is 441 g/mol. The van der Waals surface area contributed by atoms with Crippen LogP contribution in [0.5, 0.6) is 0 Å². The third-order valence-electron chi connectivity index (χ3n) is 4.95. The lowest BCUT2D eigenvalue weighted by molar-refractivity contribution is -0.120. The number of amidine groups is 1. The molecule has 3 aromatic heterocycles. The highest BCUT2D eigenvalue weighted by Gasteiger charge is 2.15. The Morgan fingerprint density at radius 3 is 2.55 bits per heavy atom. The molecule has 33 heavy (non-hydrogen) atoms. The molecule has 0 unspecified atom stereocenters. The number of rotatable bonds is 8. The molecule has 0 aromatic carbocycles. The lowest BCUT2D eigenvalue weighted by Gasteiger charge is -2.17. The maximum atomic E-state index is 11.7. The van der Waals surface area contributed by atoms with Gasteiger partial charge in [-0.05, 0) is 41.0 Å². The molecule has 0 aliphatic carbocycles. The smallest absolute Gasteiger partial charge is 0.224 e. The Kier molecular flexibility index (Phi) is 7.11. The SMILES string of the molecule is O=CC(=NCc1cccnc1)Nc1ccc(C2=CCC(=O)NC2)nc1NCc1cccnc1. The number of carbonyl (C=O) groups excluding carboxylic acids is 2. The van der Waals surface area contributed by atoms with Crippen LogP contribution in [-0.2, 0) is 22.7 Å². The largest absolute Gasteiger partial charge is 0.364 e. The number of aliphatic imine (C=N–C) groups is 1. The summed E-state index contributed by atoms with van der Waals surface area (Å²) in [5.41, 5.74) is 4.18. The fourth-order valence-electron chi connectivity index (χ4n) is 3.22. The highest BCUT2D eigenvalue weighted by atomic mass is 16.1. The number of hydrogen-bond donors (Lipinski definition) is 3. The fraction of sp³-hybridized carbons (Fsp3) is 0.167. The molecule has 0 bridgehead atoms. The van der Waals surface area contributed by atoms with E-state index in [9.17, 15) is 9.59 Å². The van der Waals surface area contributed by atoms with Crippen molar-refractivity contribution in [3.8, 4) is 0 Å². The van der Waals surface area contributed by atoms with Crippen molar-refractivity contribution in [3.63, 3.8) is 0 Å². The van der Waals surface area contributed by atoms with E-state index in [-0.39, 0.29) is 11.7 Å². The molecule has 4 rings (SSSR count). The summed E-state index contributed by atoms with van der Waals surface area (Å²) in [5.74, 6) is 0.736. The summed E-state index contributed by atoms with van der Waals surface area (Å²) in [6.07, 6.45) is 9.77. The second kappa shape index (κ2) is 10.8. The Morgan fingerprint density at radius 1 is 1.09 bits per heavy atom. The summed E-state index contributed by atoms with van der Waals surface area (Å²) < 4.78 is 0. The number of nitrogens with one attached hydrogen (secondary N) is 3. The number of aromatic nitrogens is 3. The maximum absolute atomic E-state index is 11.7. The molecular formula is C24H23N7O2. The van der Waals surface area contributed by atoms with Crippen molar-refractivity contribution < 1.29 is 9.59 Å². The zero-order valence-corrected chi connectivity index (χ0v) is 17.9. The van der Waals surface area contributed by atoms with Crippen molar-refractivity contribution in [2.75, 3.05) is 17.2 Å². The second-order valence-corrected chi connectivity index (χ2v) is 7.32. The van der Waals surface area contributed by atoms with E-state index >= 15 is 0 Å². The van der Waals surface area contributed by atoms with Crippen LogP contribution in [0.4, 0.5) is 11.5 Å². The van der Waals surface area contributed by atoms with Crippen LogP contribution in [0.15, 0.2) is 72.3 Å². The number of carbonyl (C=O) groups is 2. The minimum Gasteiger partial charge on any atom is -0.364 e. The molecule has 0 fully saturated rings. The molecule has 0 saturated heterocycles. The molecule has 9 heteroatoms. The molecule has 166 valence electrons. The van der Waals surface area contributed by atoms with Crippen LogP contribution in [0.25, 0.3) is 5.57 Å². The standard InChI is InChI=1S/C24H23N7O2/c32-16-22(27-13-17-3-1-9-25-11-17)30-21-7-6-20(19-5-8-23(33)28-15-19)31-24(21)29-14-18-4-2-10-26-12-18/h1-7,9-12,16H,8,13-15H2,(H,27,30)(H,28,33)(H,29,31). The van der Waals surface area contributed by atoms with Crippen LogP contribution in [0.2, 0.25) is 0 Å². The van der Waals surface area contributed by atoms with E-state index in [0.717, 1.165) is 22.4 Å². The van der Waals surface area contributed by atoms with E-state index in [4.69, 9.17) is 4.98 Å². The molecule has 3 N–H and O–H groups in total. The topological polar surface area (TPSA) is 121 Å². The predicted octanol–water partition coefficient (Wildman–Crippen LogP) is 2.60. The van der Waals surface area contributed by atoms with Crippen LogP contribution < -0.4 is 16.0 Å². The summed E-state index contributed by atoms with van der Waals surface area (Å²) >= 11 is 0. The molecule has 3 aromatic rings. The average Bonchev–Trinajstić information content (AvgIpc) is 2.87. The molecule has 0 radical (unpaired) electrons. The van der Waals surface area contributed by atoms with Gasteiger partial charge >= 0.3 is 0 Å². The lowest BCUT2D eigenvalue weighted by atomic mass is 10.1. The van der Waals surface area contributed by atoms with Gasteiger partial charge in [-0.25, -0.2) is 4.98 Å². The van der Waals surface area contributed by atoms with Crippen LogP contribution in [-0.4, -0.2) is 39.5 Å².